The van der Waals surface area contributed by atoms with Gasteiger partial charge in [-0.15, -0.1) is 0 Å². The van der Waals surface area contributed by atoms with E-state index < -0.39 is 0 Å². The maximum absolute atomic E-state index is 5.78. The second-order valence-corrected chi connectivity index (χ2v) is 5.64. The van der Waals surface area contributed by atoms with Gasteiger partial charge in [0.1, 0.15) is 4.99 Å². The van der Waals surface area contributed by atoms with Crippen molar-refractivity contribution in [2.75, 3.05) is 26.8 Å². The smallest absolute Gasteiger partial charge is 0.104 e. The largest absolute Gasteiger partial charge is 0.389 e. The number of rotatable bonds is 5. The molecule has 1 aromatic carbocycles. The number of ether oxygens (including phenoxy) is 1. The van der Waals surface area contributed by atoms with E-state index in [2.05, 4.69) is 17.0 Å². The molecule has 19 heavy (non-hydrogen) atoms. The molecule has 4 heteroatoms. The number of methoxy groups -OCH3 is 1. The van der Waals surface area contributed by atoms with E-state index in [1.807, 2.05) is 12.1 Å². The first-order valence-corrected chi connectivity index (χ1v) is 7.20. The van der Waals surface area contributed by atoms with Gasteiger partial charge in [-0.1, -0.05) is 36.5 Å². The monoisotopic (exact) mass is 278 g/mol. The summed E-state index contributed by atoms with van der Waals surface area (Å²) in [6.07, 6.45) is 2.42. The van der Waals surface area contributed by atoms with Gasteiger partial charge in [0.15, 0.2) is 0 Å². The molecule has 0 radical (unpaired) electrons. The van der Waals surface area contributed by atoms with Gasteiger partial charge in [0, 0.05) is 25.8 Å². The van der Waals surface area contributed by atoms with Crippen molar-refractivity contribution in [1.82, 2.24) is 4.90 Å². The number of likely N-dealkylation sites (tertiary alicyclic amines) is 1. The van der Waals surface area contributed by atoms with Crippen molar-refractivity contribution in [3.63, 3.8) is 0 Å². The van der Waals surface area contributed by atoms with Gasteiger partial charge in [-0.05, 0) is 37.4 Å². The first-order chi connectivity index (χ1) is 9.20. The molecule has 0 unspecified atom stereocenters. The maximum atomic E-state index is 5.78. The highest BCUT2D eigenvalue weighted by atomic mass is 32.1. The summed E-state index contributed by atoms with van der Waals surface area (Å²) in [4.78, 5) is 2.97. The lowest BCUT2D eigenvalue weighted by atomic mass is 9.97. The van der Waals surface area contributed by atoms with Crippen LogP contribution in [0.2, 0.25) is 0 Å². The molecule has 2 N–H and O–H groups in total. The van der Waals surface area contributed by atoms with Crippen molar-refractivity contribution in [3.05, 3.63) is 35.4 Å². The molecule has 1 aliphatic rings. The summed E-state index contributed by atoms with van der Waals surface area (Å²) in [7, 11) is 1.78. The van der Waals surface area contributed by atoms with Crippen LogP contribution in [0.25, 0.3) is 0 Å². The zero-order chi connectivity index (χ0) is 13.7. The Balaban J connectivity index is 1.94. The topological polar surface area (TPSA) is 38.5 Å². The standard InChI is InChI=1S/C15H22N2OS/c1-18-11-12-6-8-17(9-7-12)10-13-4-2-3-5-14(13)15(16)19/h2-5,12H,6-11H2,1H3,(H2,16,19). The maximum Gasteiger partial charge on any atom is 0.104 e. The fourth-order valence-corrected chi connectivity index (χ4v) is 2.89. The molecule has 0 spiro atoms. The number of nitrogens with zero attached hydrogens (tertiary/aromatic N) is 1. The number of nitrogens with two attached hydrogens (primary N) is 1. The molecule has 0 aliphatic carbocycles. The molecule has 1 aliphatic heterocycles. The van der Waals surface area contributed by atoms with Gasteiger partial charge in [-0.25, -0.2) is 0 Å². The zero-order valence-electron chi connectivity index (χ0n) is 11.5. The summed E-state index contributed by atoms with van der Waals surface area (Å²) in [5.74, 6) is 0.715. The fourth-order valence-electron chi connectivity index (χ4n) is 2.69. The van der Waals surface area contributed by atoms with Crippen molar-refractivity contribution < 1.29 is 4.74 Å². The highest BCUT2D eigenvalue weighted by molar-refractivity contribution is 7.80. The molecule has 0 atom stereocenters. The molecule has 1 heterocycles. The third-order valence-electron chi connectivity index (χ3n) is 3.79. The van der Waals surface area contributed by atoms with Crippen molar-refractivity contribution in [3.8, 4) is 0 Å². The van der Waals surface area contributed by atoms with Crippen LogP contribution in [-0.4, -0.2) is 36.7 Å². The summed E-state index contributed by atoms with van der Waals surface area (Å²) in [5.41, 5.74) is 8.02. The summed E-state index contributed by atoms with van der Waals surface area (Å²) < 4.78 is 5.23. The number of hydrogen-bond acceptors (Lipinski definition) is 3. The summed E-state index contributed by atoms with van der Waals surface area (Å²) in [6.45, 7) is 4.07. The van der Waals surface area contributed by atoms with Crippen molar-refractivity contribution in [2.45, 2.75) is 19.4 Å². The third-order valence-corrected chi connectivity index (χ3v) is 4.01. The molecule has 0 amide bonds. The minimum Gasteiger partial charge on any atom is -0.389 e. The van der Waals surface area contributed by atoms with Crippen LogP contribution in [0.5, 0.6) is 0 Å². The van der Waals surface area contributed by atoms with Gasteiger partial charge in [-0.2, -0.15) is 0 Å². The average molecular weight is 278 g/mol. The second-order valence-electron chi connectivity index (χ2n) is 5.20. The van der Waals surface area contributed by atoms with E-state index in [0.717, 1.165) is 31.8 Å². The van der Waals surface area contributed by atoms with Crippen molar-refractivity contribution in [2.24, 2.45) is 11.7 Å². The van der Waals surface area contributed by atoms with E-state index in [0.29, 0.717) is 10.9 Å². The molecule has 1 aromatic rings. The van der Waals surface area contributed by atoms with Gasteiger partial charge in [0.2, 0.25) is 0 Å². The first kappa shape index (κ1) is 14.4. The van der Waals surface area contributed by atoms with Crippen LogP contribution in [0.15, 0.2) is 24.3 Å². The Labute approximate surface area is 120 Å². The zero-order valence-corrected chi connectivity index (χ0v) is 12.3. The third kappa shape index (κ3) is 4.00. The highest BCUT2D eigenvalue weighted by Gasteiger charge is 2.19. The number of thiocarbonyl (C=S) groups is 1. The lowest BCUT2D eigenvalue weighted by Gasteiger charge is -2.32. The van der Waals surface area contributed by atoms with E-state index >= 15 is 0 Å². The summed E-state index contributed by atoms with van der Waals surface area (Å²) in [5, 5.41) is 0. The normalized spacial score (nSPS) is 17.5. The van der Waals surface area contributed by atoms with Gasteiger partial charge in [-0.3, -0.25) is 4.90 Å². The Morgan fingerprint density at radius 2 is 2.05 bits per heavy atom. The Bertz CT molecular complexity index is 428. The van der Waals surface area contributed by atoms with Crippen LogP contribution in [0, 0.1) is 5.92 Å². The van der Waals surface area contributed by atoms with Crippen LogP contribution >= 0.6 is 12.2 Å². The molecule has 1 saturated heterocycles. The van der Waals surface area contributed by atoms with Crippen LogP contribution in [0.1, 0.15) is 24.0 Å². The Morgan fingerprint density at radius 1 is 1.37 bits per heavy atom. The molecule has 0 aromatic heterocycles. The fraction of sp³-hybridized carbons (Fsp3) is 0.533. The Hall–Kier alpha value is -0.970. The van der Waals surface area contributed by atoms with Crippen LogP contribution in [0.3, 0.4) is 0 Å². The molecule has 0 bridgehead atoms. The number of piperidine rings is 1. The second kappa shape index (κ2) is 6.98. The average Bonchev–Trinajstić information content (AvgIpc) is 2.42. The van der Waals surface area contributed by atoms with Gasteiger partial charge in [0.05, 0.1) is 0 Å². The lowest BCUT2D eigenvalue weighted by molar-refractivity contribution is 0.0968. The predicted molar refractivity (Wildman–Crippen MR) is 82.2 cm³/mol. The molecule has 1 fully saturated rings. The molecular weight excluding hydrogens is 256 g/mol. The quantitative estimate of drug-likeness (QED) is 0.838. The molecule has 0 saturated carbocycles. The molecule has 2 rings (SSSR count). The molecular formula is C15H22N2OS. The van der Waals surface area contributed by atoms with Crippen LogP contribution < -0.4 is 5.73 Å². The van der Waals surface area contributed by atoms with E-state index in [4.69, 9.17) is 22.7 Å². The van der Waals surface area contributed by atoms with E-state index in [9.17, 15) is 0 Å². The minimum atomic E-state index is 0.491. The predicted octanol–water partition coefficient (Wildman–Crippen LogP) is 2.18. The first-order valence-electron chi connectivity index (χ1n) is 6.79. The van der Waals surface area contributed by atoms with Crippen molar-refractivity contribution in [1.29, 1.82) is 0 Å². The van der Waals surface area contributed by atoms with Crippen LogP contribution in [-0.2, 0) is 11.3 Å². The van der Waals surface area contributed by atoms with E-state index in [1.54, 1.807) is 7.11 Å². The Morgan fingerprint density at radius 3 is 2.68 bits per heavy atom. The highest BCUT2D eigenvalue weighted by Crippen LogP contribution is 2.20. The van der Waals surface area contributed by atoms with Gasteiger partial charge < -0.3 is 10.5 Å². The molecule has 104 valence electrons. The van der Waals surface area contributed by atoms with Crippen molar-refractivity contribution >= 4 is 17.2 Å². The SMILES string of the molecule is COCC1CCN(Cc2ccccc2C(N)=S)CC1. The molecule has 3 nitrogen and oxygen atoms in total. The lowest BCUT2D eigenvalue weighted by Crippen LogP contribution is -2.35. The van der Waals surface area contributed by atoms with Gasteiger partial charge >= 0.3 is 0 Å². The van der Waals surface area contributed by atoms with Gasteiger partial charge in [0.25, 0.3) is 0 Å². The minimum absolute atomic E-state index is 0.491. The summed E-state index contributed by atoms with van der Waals surface area (Å²) in [6, 6.07) is 8.17. The number of benzene rings is 1. The van der Waals surface area contributed by atoms with Crippen LogP contribution in [0.4, 0.5) is 0 Å². The Kier molecular flexibility index (Phi) is 5.31. The number of hydrogen-bond donors (Lipinski definition) is 1. The van der Waals surface area contributed by atoms with E-state index in [1.165, 1.54) is 18.4 Å². The van der Waals surface area contributed by atoms with E-state index in [-0.39, 0.29) is 0 Å². The summed E-state index contributed by atoms with van der Waals surface area (Å²) >= 11 is 5.11.